The Morgan fingerprint density at radius 2 is 1.58 bits per heavy atom. The Kier molecular flexibility index (Phi) is 2.83. The maximum absolute atomic E-state index is 4.43. The van der Waals surface area contributed by atoms with Crippen molar-refractivity contribution in [1.29, 1.82) is 0 Å². The predicted molar refractivity (Wildman–Crippen MR) is 74.1 cm³/mol. The summed E-state index contributed by atoms with van der Waals surface area (Å²) in [6.45, 7) is 4.12. The van der Waals surface area contributed by atoms with Crippen LogP contribution in [-0.2, 0) is 0 Å². The average molecular weight is 250 g/mol. The summed E-state index contributed by atoms with van der Waals surface area (Å²) in [6.07, 6.45) is 0. The molecular weight excluding hydrogens is 236 g/mol. The quantitative estimate of drug-likeness (QED) is 0.702. The van der Waals surface area contributed by atoms with Crippen molar-refractivity contribution >= 4 is 0 Å². The molecule has 1 heterocycles. The summed E-state index contributed by atoms with van der Waals surface area (Å²) in [4.78, 5) is 1.57. The van der Waals surface area contributed by atoms with Gasteiger partial charge in [-0.15, -0.1) is 15.0 Å². The van der Waals surface area contributed by atoms with Gasteiger partial charge in [0.15, 0.2) is 0 Å². The monoisotopic (exact) mass is 250 g/mol. The lowest BCUT2D eigenvalue weighted by atomic mass is 10.1. The first-order valence-corrected chi connectivity index (χ1v) is 6.16. The molecule has 0 aliphatic heterocycles. The lowest BCUT2D eigenvalue weighted by Gasteiger charge is -2.02. The molecule has 1 aromatic heterocycles. The Bertz CT molecular complexity index is 681. The number of rotatable bonds is 2. The summed E-state index contributed by atoms with van der Waals surface area (Å²) in [6, 6.07) is 16.1. The minimum atomic E-state index is 0.639. The zero-order valence-corrected chi connectivity index (χ0v) is 10.9. The van der Waals surface area contributed by atoms with E-state index in [-0.39, 0.29) is 0 Å². The van der Waals surface area contributed by atoms with Gasteiger partial charge in [-0.05, 0) is 42.3 Å². The summed E-state index contributed by atoms with van der Waals surface area (Å²) in [5.41, 5.74) is 4.28. The summed E-state index contributed by atoms with van der Waals surface area (Å²) in [7, 11) is 0. The van der Waals surface area contributed by atoms with Crippen LogP contribution in [0.4, 0.5) is 0 Å². The number of aryl methyl sites for hydroxylation is 2. The minimum Gasteiger partial charge on any atom is -0.130 e. The van der Waals surface area contributed by atoms with Gasteiger partial charge in [-0.25, -0.2) is 0 Å². The third kappa shape index (κ3) is 2.38. The molecule has 3 rings (SSSR count). The van der Waals surface area contributed by atoms with Crippen LogP contribution in [0.5, 0.6) is 0 Å². The molecule has 0 saturated carbocycles. The molecule has 0 radical (unpaired) electrons. The van der Waals surface area contributed by atoms with E-state index in [0.717, 1.165) is 11.3 Å². The molecule has 19 heavy (non-hydrogen) atoms. The van der Waals surface area contributed by atoms with Crippen molar-refractivity contribution in [2.24, 2.45) is 0 Å². The van der Waals surface area contributed by atoms with Crippen LogP contribution in [0.15, 0.2) is 48.5 Å². The van der Waals surface area contributed by atoms with Crippen molar-refractivity contribution in [3.8, 4) is 17.1 Å². The van der Waals surface area contributed by atoms with Gasteiger partial charge >= 0.3 is 0 Å². The zero-order chi connectivity index (χ0) is 13.2. The number of aromatic nitrogens is 4. The predicted octanol–water partition coefficient (Wildman–Crippen LogP) is 2.95. The largest absolute Gasteiger partial charge is 0.205 e. The van der Waals surface area contributed by atoms with Gasteiger partial charge in [0.2, 0.25) is 5.82 Å². The molecule has 0 bridgehead atoms. The molecule has 3 aromatic rings. The zero-order valence-electron chi connectivity index (χ0n) is 10.9. The van der Waals surface area contributed by atoms with Gasteiger partial charge in [-0.2, -0.15) is 0 Å². The van der Waals surface area contributed by atoms with Gasteiger partial charge in [0.05, 0.1) is 5.69 Å². The van der Waals surface area contributed by atoms with E-state index in [9.17, 15) is 0 Å². The van der Waals surface area contributed by atoms with Crippen molar-refractivity contribution < 1.29 is 0 Å². The van der Waals surface area contributed by atoms with Crippen LogP contribution < -0.4 is 0 Å². The lowest BCUT2D eigenvalue weighted by Crippen LogP contribution is -2.00. The van der Waals surface area contributed by atoms with Crippen LogP contribution in [-0.4, -0.2) is 20.2 Å². The first-order valence-electron chi connectivity index (χ1n) is 6.16. The van der Waals surface area contributed by atoms with Crippen LogP contribution in [0.1, 0.15) is 11.1 Å². The van der Waals surface area contributed by atoms with E-state index in [0.29, 0.717) is 5.82 Å². The second-order valence-corrected chi connectivity index (χ2v) is 4.61. The maximum atomic E-state index is 4.43. The smallest absolute Gasteiger partial charge is 0.130 e. The average Bonchev–Trinajstić information content (AvgIpc) is 2.88. The van der Waals surface area contributed by atoms with E-state index in [4.69, 9.17) is 0 Å². The first kappa shape index (κ1) is 11.6. The molecule has 4 nitrogen and oxygen atoms in total. The fourth-order valence-electron chi connectivity index (χ4n) is 2.09. The molecule has 0 fully saturated rings. The minimum absolute atomic E-state index is 0.639. The molecule has 2 aromatic carbocycles. The van der Waals surface area contributed by atoms with E-state index in [1.54, 1.807) is 4.80 Å². The van der Waals surface area contributed by atoms with E-state index in [1.165, 1.54) is 11.1 Å². The van der Waals surface area contributed by atoms with E-state index in [2.05, 4.69) is 35.3 Å². The topological polar surface area (TPSA) is 43.6 Å². The molecular formula is C15H14N4. The molecule has 0 aliphatic carbocycles. The van der Waals surface area contributed by atoms with Crippen molar-refractivity contribution in [2.75, 3.05) is 0 Å². The number of benzene rings is 2. The summed E-state index contributed by atoms with van der Waals surface area (Å²) >= 11 is 0. The van der Waals surface area contributed by atoms with Crippen molar-refractivity contribution in [2.45, 2.75) is 13.8 Å². The Labute approximate surface area is 111 Å². The molecule has 4 heteroatoms. The molecule has 0 amide bonds. The molecule has 0 unspecified atom stereocenters. The molecule has 0 atom stereocenters. The van der Waals surface area contributed by atoms with Gasteiger partial charge in [0.1, 0.15) is 0 Å². The molecule has 0 spiro atoms. The lowest BCUT2D eigenvalue weighted by molar-refractivity contribution is 0.719. The Morgan fingerprint density at radius 1 is 0.895 bits per heavy atom. The fourth-order valence-corrected chi connectivity index (χ4v) is 2.09. The van der Waals surface area contributed by atoms with Crippen molar-refractivity contribution in [3.05, 3.63) is 59.7 Å². The third-order valence-electron chi connectivity index (χ3n) is 2.88. The Balaban J connectivity index is 2.02. The van der Waals surface area contributed by atoms with Crippen molar-refractivity contribution in [1.82, 2.24) is 20.2 Å². The third-order valence-corrected chi connectivity index (χ3v) is 2.88. The van der Waals surface area contributed by atoms with Gasteiger partial charge in [0, 0.05) is 5.56 Å². The van der Waals surface area contributed by atoms with Gasteiger partial charge in [0.25, 0.3) is 0 Å². The maximum Gasteiger partial charge on any atom is 0.205 e. The second-order valence-electron chi connectivity index (χ2n) is 4.61. The summed E-state index contributed by atoms with van der Waals surface area (Å²) in [5, 5.41) is 12.7. The normalized spacial score (nSPS) is 10.6. The van der Waals surface area contributed by atoms with Crippen LogP contribution in [0, 0.1) is 13.8 Å². The highest BCUT2D eigenvalue weighted by atomic mass is 15.6. The number of tetrazole rings is 1. The van der Waals surface area contributed by atoms with Gasteiger partial charge in [-0.3, -0.25) is 0 Å². The van der Waals surface area contributed by atoms with Crippen molar-refractivity contribution in [3.63, 3.8) is 0 Å². The van der Waals surface area contributed by atoms with Crippen LogP contribution in [0.3, 0.4) is 0 Å². The van der Waals surface area contributed by atoms with Crippen LogP contribution in [0.25, 0.3) is 17.1 Å². The Morgan fingerprint density at radius 3 is 2.26 bits per heavy atom. The highest BCUT2D eigenvalue weighted by Crippen LogP contribution is 2.15. The van der Waals surface area contributed by atoms with E-state index < -0.39 is 0 Å². The summed E-state index contributed by atoms with van der Waals surface area (Å²) in [5.74, 6) is 0.639. The number of hydrogen-bond donors (Lipinski definition) is 0. The van der Waals surface area contributed by atoms with Crippen LogP contribution >= 0.6 is 0 Å². The SMILES string of the molecule is Cc1cc(C)cc(-n2nnc(-c3ccccc3)n2)c1. The van der Waals surface area contributed by atoms with E-state index in [1.807, 2.05) is 42.5 Å². The van der Waals surface area contributed by atoms with Gasteiger partial charge in [-0.1, -0.05) is 36.4 Å². The summed E-state index contributed by atoms with van der Waals surface area (Å²) < 4.78 is 0. The molecule has 0 saturated heterocycles. The van der Waals surface area contributed by atoms with E-state index >= 15 is 0 Å². The number of hydrogen-bond acceptors (Lipinski definition) is 3. The standard InChI is InChI=1S/C15H14N4/c1-11-8-12(2)10-14(9-11)19-17-15(16-18-19)13-6-4-3-5-7-13/h3-10H,1-2H3. The van der Waals surface area contributed by atoms with Gasteiger partial charge < -0.3 is 0 Å². The Hall–Kier alpha value is -2.49. The fraction of sp³-hybridized carbons (Fsp3) is 0.133. The molecule has 0 N–H and O–H groups in total. The number of nitrogens with zero attached hydrogens (tertiary/aromatic N) is 4. The molecule has 0 aliphatic rings. The molecule has 94 valence electrons. The first-order chi connectivity index (χ1) is 9.22. The van der Waals surface area contributed by atoms with Crippen LogP contribution in [0.2, 0.25) is 0 Å². The highest BCUT2D eigenvalue weighted by Gasteiger charge is 2.07. The second kappa shape index (κ2) is 4.65. The highest BCUT2D eigenvalue weighted by molar-refractivity contribution is 5.53.